The minimum absolute atomic E-state index is 0.779. The zero-order chi connectivity index (χ0) is 24.2. The Morgan fingerprint density at radius 3 is 2.29 bits per heavy atom. The van der Waals surface area contributed by atoms with E-state index in [1.165, 1.54) is 39.0 Å². The van der Waals surface area contributed by atoms with E-state index in [1.807, 2.05) is 18.2 Å². The second-order valence-corrected chi connectivity index (χ2v) is 8.84. The normalized spacial score (nSPS) is 19.9. The predicted molar refractivity (Wildman–Crippen MR) is 149 cm³/mol. The summed E-state index contributed by atoms with van der Waals surface area (Å²) in [6, 6.07) is 17.2. The lowest BCUT2D eigenvalue weighted by Crippen LogP contribution is -2.09. The van der Waals surface area contributed by atoms with Crippen LogP contribution in [0.5, 0.6) is 0 Å². The molecule has 4 rings (SSSR count). The van der Waals surface area contributed by atoms with Gasteiger partial charge in [0, 0.05) is 22.5 Å². The van der Waals surface area contributed by atoms with E-state index >= 15 is 0 Å². The minimum atomic E-state index is 0.779. The summed E-state index contributed by atoms with van der Waals surface area (Å²) in [4.78, 5) is 0. The Kier molecular flexibility index (Phi) is 6.84. The van der Waals surface area contributed by atoms with Crippen LogP contribution in [0.3, 0.4) is 0 Å². The van der Waals surface area contributed by atoms with E-state index in [1.54, 1.807) is 0 Å². The Morgan fingerprint density at radius 2 is 1.59 bits per heavy atom. The summed E-state index contributed by atoms with van der Waals surface area (Å²) in [6.07, 6.45) is 11.9. The van der Waals surface area contributed by atoms with Gasteiger partial charge in [0.05, 0.1) is 0 Å². The van der Waals surface area contributed by atoms with Crippen LogP contribution in [0.15, 0.2) is 132 Å². The molecule has 1 aliphatic carbocycles. The first kappa shape index (κ1) is 23.3. The molecule has 0 saturated carbocycles. The highest BCUT2D eigenvalue weighted by Crippen LogP contribution is 2.44. The molecule has 1 heteroatoms. The van der Waals surface area contributed by atoms with Gasteiger partial charge in [0.25, 0.3) is 0 Å². The van der Waals surface area contributed by atoms with E-state index in [0.717, 1.165) is 40.9 Å². The van der Waals surface area contributed by atoms with Crippen LogP contribution >= 0.6 is 0 Å². The fourth-order valence-electron chi connectivity index (χ4n) is 5.11. The predicted octanol–water partition coefficient (Wildman–Crippen LogP) is 8.99. The third-order valence-corrected chi connectivity index (χ3v) is 6.78. The Balaban J connectivity index is 2.10. The second-order valence-electron chi connectivity index (χ2n) is 8.84. The lowest BCUT2D eigenvalue weighted by Gasteiger charge is -2.25. The van der Waals surface area contributed by atoms with Crippen molar-refractivity contribution in [1.82, 2.24) is 0 Å². The van der Waals surface area contributed by atoms with Crippen LogP contribution in [-0.4, -0.2) is 0 Å². The summed E-state index contributed by atoms with van der Waals surface area (Å²) < 4.78 is 0. The Labute approximate surface area is 204 Å². The van der Waals surface area contributed by atoms with E-state index in [2.05, 4.69) is 107 Å². The fraction of sp³-hybridized carbons (Fsp3) is 0.152. The standard InChI is InChI=1S/C33H33N/c1-7-10-15-26-21-25(8-2)33-28(9-3)30-18-13-14-19-31(30)34-24(6)32(33)22(4)20-27-16-11-12-17-29(27)23(26)5/h7-19,34H,1,3-4,20-21H2,2,5-6H3/b15-10-,25-8-,26-23-. The van der Waals surface area contributed by atoms with E-state index in [9.17, 15) is 0 Å². The first-order valence-corrected chi connectivity index (χ1v) is 11.8. The summed E-state index contributed by atoms with van der Waals surface area (Å²) in [5.41, 5.74) is 14.4. The van der Waals surface area contributed by atoms with Crippen molar-refractivity contribution in [3.05, 3.63) is 149 Å². The monoisotopic (exact) mass is 443 g/mol. The maximum atomic E-state index is 4.62. The maximum absolute atomic E-state index is 4.62. The van der Waals surface area contributed by atoms with Crippen molar-refractivity contribution in [3.8, 4) is 0 Å². The van der Waals surface area contributed by atoms with E-state index < -0.39 is 0 Å². The number of para-hydroxylation sites is 1. The van der Waals surface area contributed by atoms with Gasteiger partial charge in [-0.05, 0) is 84.2 Å². The van der Waals surface area contributed by atoms with Gasteiger partial charge in [-0.3, -0.25) is 0 Å². The molecule has 1 heterocycles. The molecule has 34 heavy (non-hydrogen) atoms. The van der Waals surface area contributed by atoms with Crippen molar-refractivity contribution in [2.45, 2.75) is 33.6 Å². The van der Waals surface area contributed by atoms with Gasteiger partial charge in [0.1, 0.15) is 0 Å². The molecule has 1 N–H and O–H groups in total. The van der Waals surface area contributed by atoms with Gasteiger partial charge in [0.2, 0.25) is 0 Å². The van der Waals surface area contributed by atoms with Crippen molar-refractivity contribution < 1.29 is 0 Å². The lowest BCUT2D eigenvalue weighted by atomic mass is 9.79. The second kappa shape index (κ2) is 9.97. The number of hydrogen-bond donors (Lipinski definition) is 1. The maximum Gasteiger partial charge on any atom is 0.0461 e. The number of fused-ring (bicyclic) bond motifs is 3. The smallest absolute Gasteiger partial charge is 0.0461 e. The topological polar surface area (TPSA) is 12.0 Å². The molecule has 0 fully saturated rings. The average molecular weight is 444 g/mol. The first-order valence-electron chi connectivity index (χ1n) is 11.8. The van der Waals surface area contributed by atoms with Gasteiger partial charge in [-0.15, -0.1) is 0 Å². The number of allylic oxidation sites excluding steroid dienone is 13. The van der Waals surface area contributed by atoms with E-state index in [4.69, 9.17) is 0 Å². The minimum Gasteiger partial charge on any atom is -0.358 e. The molecule has 170 valence electrons. The molecule has 1 nitrogen and oxygen atoms in total. The Hall–Kier alpha value is -3.84. The molecule has 2 aromatic carbocycles. The van der Waals surface area contributed by atoms with Gasteiger partial charge in [0.15, 0.2) is 0 Å². The number of rotatable bonds is 3. The van der Waals surface area contributed by atoms with Gasteiger partial charge >= 0.3 is 0 Å². The Bertz CT molecular complexity index is 1330. The molecule has 0 bridgehead atoms. The quantitative estimate of drug-likeness (QED) is 0.467. The third-order valence-electron chi connectivity index (χ3n) is 6.78. The zero-order valence-corrected chi connectivity index (χ0v) is 20.5. The average Bonchev–Trinajstić information content (AvgIpc) is 2.97. The van der Waals surface area contributed by atoms with Crippen molar-refractivity contribution in [3.63, 3.8) is 0 Å². The summed E-state index contributed by atoms with van der Waals surface area (Å²) in [6.45, 7) is 19.3. The van der Waals surface area contributed by atoms with Crippen molar-refractivity contribution >= 4 is 16.8 Å². The highest BCUT2D eigenvalue weighted by molar-refractivity contribution is 5.92. The van der Waals surface area contributed by atoms with Crippen LogP contribution in [0, 0.1) is 0 Å². The van der Waals surface area contributed by atoms with E-state index in [-0.39, 0.29) is 0 Å². The van der Waals surface area contributed by atoms with Crippen LogP contribution < -0.4 is 5.32 Å². The molecule has 0 spiro atoms. The molecule has 2 aromatic rings. The molecule has 2 aliphatic rings. The molecular weight excluding hydrogens is 410 g/mol. The van der Waals surface area contributed by atoms with Gasteiger partial charge < -0.3 is 5.32 Å². The highest BCUT2D eigenvalue weighted by Gasteiger charge is 2.26. The first-order chi connectivity index (χ1) is 16.5. The van der Waals surface area contributed by atoms with Crippen LogP contribution in [0.2, 0.25) is 0 Å². The van der Waals surface area contributed by atoms with Gasteiger partial charge in [-0.1, -0.05) is 92.6 Å². The number of anilines is 1. The largest absolute Gasteiger partial charge is 0.358 e. The molecule has 0 saturated heterocycles. The van der Waals surface area contributed by atoms with Gasteiger partial charge in [-0.2, -0.15) is 0 Å². The van der Waals surface area contributed by atoms with E-state index in [0.29, 0.717) is 0 Å². The summed E-state index contributed by atoms with van der Waals surface area (Å²) in [5.74, 6) is 0. The SMILES string of the molecule is C=C/C=C\C1=C(/C)c2ccccc2CC(=C)C2=C(C)Nc3ccccc3C(C=C)=C2/C(=C\C)C1. The Morgan fingerprint density at radius 1 is 0.882 bits per heavy atom. The molecule has 1 aliphatic heterocycles. The number of hydrogen-bond acceptors (Lipinski definition) is 1. The van der Waals surface area contributed by atoms with Crippen LogP contribution in [0.25, 0.3) is 11.1 Å². The molecular formula is C33H33N. The summed E-state index contributed by atoms with van der Waals surface area (Å²) in [7, 11) is 0. The lowest BCUT2D eigenvalue weighted by molar-refractivity contribution is 1.08. The highest BCUT2D eigenvalue weighted by atomic mass is 14.9. The van der Waals surface area contributed by atoms with Crippen molar-refractivity contribution in [2.75, 3.05) is 5.32 Å². The van der Waals surface area contributed by atoms with Gasteiger partial charge in [-0.25, -0.2) is 0 Å². The number of nitrogens with one attached hydrogen (secondary N) is 1. The molecule has 0 amide bonds. The van der Waals surface area contributed by atoms with Crippen LogP contribution in [-0.2, 0) is 6.42 Å². The molecule has 0 radical (unpaired) electrons. The zero-order valence-electron chi connectivity index (χ0n) is 20.5. The van der Waals surface area contributed by atoms with Crippen LogP contribution in [0.1, 0.15) is 43.9 Å². The third kappa shape index (κ3) is 4.22. The summed E-state index contributed by atoms with van der Waals surface area (Å²) in [5, 5.41) is 3.69. The molecule has 0 unspecified atom stereocenters. The fourth-order valence-corrected chi connectivity index (χ4v) is 5.11. The number of benzene rings is 2. The molecule has 0 aromatic heterocycles. The van der Waals surface area contributed by atoms with Crippen LogP contribution in [0.4, 0.5) is 5.69 Å². The summed E-state index contributed by atoms with van der Waals surface area (Å²) >= 11 is 0. The molecule has 0 atom stereocenters. The van der Waals surface area contributed by atoms with Crippen molar-refractivity contribution in [1.29, 1.82) is 0 Å². The van der Waals surface area contributed by atoms with Crippen molar-refractivity contribution in [2.24, 2.45) is 0 Å².